The highest BCUT2D eigenvalue weighted by Crippen LogP contribution is 2.16. The normalized spacial score (nSPS) is 18.9. The minimum atomic E-state index is -1.36. The van der Waals surface area contributed by atoms with Gasteiger partial charge in [-0.15, -0.1) is 0 Å². The molecule has 1 amide bonds. The number of nitrogens with one attached hydrogen (secondary N) is 2. The molecule has 1 aromatic rings. The Labute approximate surface area is 109 Å². The number of benzene rings is 1. The first kappa shape index (κ1) is 13.5. The topological polar surface area (TPSA) is 78.4 Å². The van der Waals surface area contributed by atoms with Gasteiger partial charge in [0.2, 0.25) is 5.91 Å². The molecule has 1 aliphatic heterocycles. The van der Waals surface area contributed by atoms with Crippen molar-refractivity contribution >= 4 is 17.6 Å². The number of rotatable bonds is 3. The molecule has 1 aliphatic rings. The summed E-state index contributed by atoms with van der Waals surface area (Å²) in [5.74, 6) is -2.40. The Morgan fingerprint density at radius 2 is 2.16 bits per heavy atom. The van der Waals surface area contributed by atoms with E-state index in [4.69, 9.17) is 5.11 Å². The number of piperidine rings is 1. The van der Waals surface area contributed by atoms with E-state index in [0.29, 0.717) is 0 Å². The van der Waals surface area contributed by atoms with Crippen LogP contribution in [0, 0.1) is 5.82 Å². The van der Waals surface area contributed by atoms with Gasteiger partial charge < -0.3 is 15.7 Å². The number of amides is 1. The molecule has 3 N–H and O–H groups in total. The fraction of sp³-hybridized carbons (Fsp3) is 0.385. The number of hydrogen-bond acceptors (Lipinski definition) is 3. The summed E-state index contributed by atoms with van der Waals surface area (Å²) in [5, 5.41) is 14.5. The fourth-order valence-corrected chi connectivity index (χ4v) is 2.07. The molecule has 102 valence electrons. The monoisotopic (exact) mass is 266 g/mol. The van der Waals surface area contributed by atoms with E-state index in [2.05, 4.69) is 10.6 Å². The van der Waals surface area contributed by atoms with Crippen LogP contribution in [0.4, 0.5) is 10.1 Å². The maximum absolute atomic E-state index is 13.2. The molecule has 1 heterocycles. The van der Waals surface area contributed by atoms with Gasteiger partial charge in [0.05, 0.1) is 11.6 Å². The number of halogens is 1. The van der Waals surface area contributed by atoms with Crippen LogP contribution in [0.1, 0.15) is 29.6 Å². The lowest BCUT2D eigenvalue weighted by Gasteiger charge is -2.22. The van der Waals surface area contributed by atoms with Gasteiger partial charge in [0.15, 0.2) is 0 Å². The molecule has 0 saturated carbocycles. The number of hydrogen-bond donors (Lipinski definition) is 3. The van der Waals surface area contributed by atoms with Gasteiger partial charge in [-0.05, 0) is 37.6 Å². The number of carbonyl (C=O) groups excluding carboxylic acids is 1. The number of carboxylic acids is 1. The van der Waals surface area contributed by atoms with E-state index in [0.717, 1.165) is 37.9 Å². The van der Waals surface area contributed by atoms with Crippen molar-refractivity contribution in [2.45, 2.75) is 25.3 Å². The van der Waals surface area contributed by atoms with Crippen LogP contribution < -0.4 is 10.6 Å². The van der Waals surface area contributed by atoms with Gasteiger partial charge in [0.1, 0.15) is 5.82 Å². The molecule has 0 radical (unpaired) electrons. The highest BCUT2D eigenvalue weighted by Gasteiger charge is 2.21. The summed E-state index contributed by atoms with van der Waals surface area (Å²) < 4.78 is 13.2. The second-order valence-electron chi connectivity index (χ2n) is 4.49. The van der Waals surface area contributed by atoms with Crippen molar-refractivity contribution in [1.29, 1.82) is 0 Å². The summed E-state index contributed by atoms with van der Waals surface area (Å²) in [5.41, 5.74) is -0.162. The molecule has 5 nitrogen and oxygen atoms in total. The smallest absolute Gasteiger partial charge is 0.338 e. The second kappa shape index (κ2) is 5.79. The van der Waals surface area contributed by atoms with Crippen LogP contribution in [0.25, 0.3) is 0 Å². The van der Waals surface area contributed by atoms with E-state index < -0.39 is 17.3 Å². The van der Waals surface area contributed by atoms with Crippen molar-refractivity contribution in [1.82, 2.24) is 5.32 Å². The zero-order valence-corrected chi connectivity index (χ0v) is 10.3. The van der Waals surface area contributed by atoms with Crippen LogP contribution in [0.3, 0.4) is 0 Å². The molecule has 1 atom stereocenters. The number of carboxylic acid groups (broad SMARTS) is 1. The van der Waals surface area contributed by atoms with Crippen molar-refractivity contribution < 1.29 is 19.1 Å². The molecule has 1 saturated heterocycles. The van der Waals surface area contributed by atoms with E-state index in [9.17, 15) is 14.0 Å². The van der Waals surface area contributed by atoms with Crippen LogP contribution in [0.5, 0.6) is 0 Å². The summed E-state index contributed by atoms with van der Waals surface area (Å²) in [7, 11) is 0. The van der Waals surface area contributed by atoms with E-state index in [-0.39, 0.29) is 17.6 Å². The molecule has 6 heteroatoms. The minimum absolute atomic E-state index is 0.220. The Balaban J connectivity index is 2.08. The lowest BCUT2D eigenvalue weighted by Crippen LogP contribution is -2.43. The first-order chi connectivity index (χ1) is 9.08. The number of anilines is 1. The predicted molar refractivity (Wildman–Crippen MR) is 67.6 cm³/mol. The third kappa shape index (κ3) is 3.29. The predicted octanol–water partition coefficient (Wildman–Crippen LogP) is 1.60. The highest BCUT2D eigenvalue weighted by molar-refractivity contribution is 5.96. The lowest BCUT2D eigenvalue weighted by molar-refractivity contribution is -0.118. The highest BCUT2D eigenvalue weighted by atomic mass is 19.1. The Kier molecular flexibility index (Phi) is 4.11. The van der Waals surface area contributed by atoms with Crippen LogP contribution in [-0.2, 0) is 4.79 Å². The number of aromatic carboxylic acids is 1. The fourth-order valence-electron chi connectivity index (χ4n) is 2.07. The average molecular weight is 266 g/mol. The van der Waals surface area contributed by atoms with E-state index in [1.54, 1.807) is 0 Å². The van der Waals surface area contributed by atoms with Gasteiger partial charge in [-0.1, -0.05) is 6.42 Å². The maximum atomic E-state index is 13.2. The summed E-state index contributed by atoms with van der Waals surface area (Å²) in [6, 6.07) is 3.24. The molecule has 0 spiro atoms. The average Bonchev–Trinajstić information content (AvgIpc) is 2.41. The van der Waals surface area contributed by atoms with Crippen molar-refractivity contribution in [2.75, 3.05) is 11.9 Å². The van der Waals surface area contributed by atoms with Gasteiger partial charge in [0, 0.05) is 5.69 Å². The summed E-state index contributed by atoms with van der Waals surface area (Å²) in [6.07, 6.45) is 2.77. The van der Waals surface area contributed by atoms with E-state index in [1.165, 1.54) is 6.07 Å². The Hall–Kier alpha value is -1.95. The summed E-state index contributed by atoms with van der Waals surface area (Å²) >= 11 is 0. The zero-order chi connectivity index (χ0) is 13.8. The Morgan fingerprint density at radius 3 is 2.79 bits per heavy atom. The molecule has 0 aliphatic carbocycles. The third-order valence-corrected chi connectivity index (χ3v) is 3.09. The van der Waals surface area contributed by atoms with Crippen molar-refractivity contribution in [2.24, 2.45) is 0 Å². The quantitative estimate of drug-likeness (QED) is 0.776. The molecular weight excluding hydrogens is 251 g/mol. The zero-order valence-electron chi connectivity index (χ0n) is 10.3. The van der Waals surface area contributed by atoms with Gasteiger partial charge in [-0.25, -0.2) is 9.18 Å². The van der Waals surface area contributed by atoms with Crippen LogP contribution in [0.15, 0.2) is 18.2 Å². The van der Waals surface area contributed by atoms with Crippen LogP contribution >= 0.6 is 0 Å². The van der Waals surface area contributed by atoms with Crippen molar-refractivity contribution in [3.8, 4) is 0 Å². The standard InChI is InChI=1S/C13H15FN2O3/c14-10-5-4-8(7-9(10)13(18)19)16-12(17)11-3-1-2-6-15-11/h4-5,7,11,15H,1-3,6H2,(H,16,17)(H,18,19)/t11-/m1/s1. The molecule has 19 heavy (non-hydrogen) atoms. The first-order valence-electron chi connectivity index (χ1n) is 6.15. The molecule has 2 rings (SSSR count). The van der Waals surface area contributed by atoms with E-state index in [1.807, 2.05) is 0 Å². The van der Waals surface area contributed by atoms with Gasteiger partial charge >= 0.3 is 5.97 Å². The molecular formula is C13H15FN2O3. The van der Waals surface area contributed by atoms with E-state index >= 15 is 0 Å². The van der Waals surface area contributed by atoms with Gasteiger partial charge in [-0.2, -0.15) is 0 Å². The number of carbonyl (C=O) groups is 2. The van der Waals surface area contributed by atoms with Crippen molar-refractivity contribution in [3.05, 3.63) is 29.6 Å². The minimum Gasteiger partial charge on any atom is -0.478 e. The van der Waals surface area contributed by atoms with Crippen LogP contribution in [-0.4, -0.2) is 29.6 Å². The second-order valence-corrected chi connectivity index (χ2v) is 4.49. The summed E-state index contributed by atoms with van der Waals surface area (Å²) in [4.78, 5) is 22.7. The first-order valence-corrected chi connectivity index (χ1v) is 6.15. The molecule has 1 fully saturated rings. The molecule has 0 aromatic heterocycles. The Morgan fingerprint density at radius 1 is 1.37 bits per heavy atom. The van der Waals surface area contributed by atoms with Crippen LogP contribution in [0.2, 0.25) is 0 Å². The summed E-state index contributed by atoms with van der Waals surface area (Å²) in [6.45, 7) is 0.794. The van der Waals surface area contributed by atoms with Crippen molar-refractivity contribution in [3.63, 3.8) is 0 Å². The molecule has 0 bridgehead atoms. The third-order valence-electron chi connectivity index (χ3n) is 3.09. The molecule has 1 aromatic carbocycles. The molecule has 0 unspecified atom stereocenters. The van der Waals surface area contributed by atoms with Gasteiger partial charge in [-0.3, -0.25) is 4.79 Å². The lowest BCUT2D eigenvalue weighted by atomic mass is 10.0. The largest absolute Gasteiger partial charge is 0.478 e. The Bertz CT molecular complexity index is 499. The van der Waals surface area contributed by atoms with Gasteiger partial charge in [0.25, 0.3) is 0 Å². The maximum Gasteiger partial charge on any atom is 0.338 e. The SMILES string of the molecule is O=C(O)c1cc(NC(=O)[C@H]2CCCCN2)ccc1F.